The number of aromatic amines is 1. The van der Waals surface area contributed by atoms with Crippen molar-refractivity contribution in [2.75, 3.05) is 7.11 Å². The van der Waals surface area contributed by atoms with Gasteiger partial charge in [-0.2, -0.15) is 23.5 Å². The Morgan fingerprint density at radius 3 is 2.44 bits per heavy atom. The Morgan fingerprint density at radius 1 is 1.12 bits per heavy atom. The Labute approximate surface area is 141 Å². The average molecular weight is 343 g/mol. The lowest BCUT2D eigenvalue weighted by atomic mass is 10.1. The van der Waals surface area contributed by atoms with E-state index >= 15 is 0 Å². The smallest absolute Gasteiger partial charge is 0.416 e. The number of nitrogens with one attached hydrogen (secondary N) is 1. The number of nitriles is 1. The molecule has 0 radical (unpaired) electrons. The largest absolute Gasteiger partial charge is 0.495 e. The molecule has 3 aromatic rings. The molecule has 0 amide bonds. The van der Waals surface area contributed by atoms with Crippen LogP contribution in [0.15, 0.2) is 36.4 Å². The van der Waals surface area contributed by atoms with Gasteiger partial charge < -0.3 is 4.74 Å². The van der Waals surface area contributed by atoms with E-state index in [0.717, 1.165) is 12.1 Å². The summed E-state index contributed by atoms with van der Waals surface area (Å²) in [6.07, 6.45) is -1.05. The molecule has 0 unspecified atom stereocenters. The van der Waals surface area contributed by atoms with Crippen molar-refractivity contribution < 1.29 is 17.9 Å². The van der Waals surface area contributed by atoms with E-state index in [4.69, 9.17) is 10.00 Å². The van der Waals surface area contributed by atoms with Gasteiger partial charge in [0, 0.05) is 0 Å². The lowest BCUT2D eigenvalue weighted by Crippen LogP contribution is -2.03. The summed E-state index contributed by atoms with van der Waals surface area (Å²) in [5.41, 5.74) is 1.50. The number of methoxy groups -OCH3 is 1. The van der Waals surface area contributed by atoms with Crippen molar-refractivity contribution in [2.45, 2.75) is 6.18 Å². The van der Waals surface area contributed by atoms with Crippen LogP contribution in [0.2, 0.25) is 0 Å². The summed E-state index contributed by atoms with van der Waals surface area (Å²) in [6, 6.07) is 10.2. The molecule has 0 aliphatic carbocycles. The van der Waals surface area contributed by atoms with Crippen LogP contribution in [-0.4, -0.2) is 17.3 Å². The molecule has 0 aliphatic rings. The number of nitrogens with zero attached hydrogens (tertiary/aromatic N) is 2. The normalized spacial score (nSPS) is 11.8. The predicted molar refractivity (Wildman–Crippen MR) is 87.7 cm³/mol. The average Bonchev–Trinajstić information content (AvgIpc) is 3.01. The standard InChI is InChI=1S/C18H12F3N3O/c1-25-17-12(10-22)5-9-15-16(17)14(23-24-15)8-4-11-2-6-13(7-3-11)18(19,20)21/h2-9H,1H3,(H,23,24). The van der Waals surface area contributed by atoms with Gasteiger partial charge in [0.2, 0.25) is 0 Å². The van der Waals surface area contributed by atoms with Crippen LogP contribution in [0.1, 0.15) is 22.4 Å². The fourth-order valence-corrected chi connectivity index (χ4v) is 2.49. The van der Waals surface area contributed by atoms with Gasteiger partial charge in [0.05, 0.1) is 34.8 Å². The number of benzene rings is 2. The number of aromatic nitrogens is 2. The van der Waals surface area contributed by atoms with E-state index in [1.807, 2.05) is 0 Å². The van der Waals surface area contributed by atoms with Crippen molar-refractivity contribution in [3.05, 3.63) is 58.8 Å². The molecule has 3 rings (SSSR count). The molecule has 0 bridgehead atoms. The highest BCUT2D eigenvalue weighted by Gasteiger charge is 2.29. The molecular weight excluding hydrogens is 331 g/mol. The van der Waals surface area contributed by atoms with Crippen LogP contribution in [0.25, 0.3) is 23.1 Å². The maximum Gasteiger partial charge on any atom is 0.416 e. The van der Waals surface area contributed by atoms with Crippen molar-refractivity contribution in [1.82, 2.24) is 10.2 Å². The molecule has 4 nitrogen and oxygen atoms in total. The lowest BCUT2D eigenvalue weighted by Gasteiger charge is -2.06. The Bertz CT molecular complexity index is 980. The summed E-state index contributed by atoms with van der Waals surface area (Å²) < 4.78 is 43.1. The first-order valence-electron chi connectivity index (χ1n) is 7.24. The number of fused-ring (bicyclic) bond motifs is 1. The minimum absolute atomic E-state index is 0.376. The molecule has 1 aromatic heterocycles. The third-order valence-electron chi connectivity index (χ3n) is 3.71. The van der Waals surface area contributed by atoms with E-state index in [1.54, 1.807) is 24.3 Å². The third-order valence-corrected chi connectivity index (χ3v) is 3.71. The second-order valence-electron chi connectivity index (χ2n) is 5.24. The fourth-order valence-electron chi connectivity index (χ4n) is 2.49. The third kappa shape index (κ3) is 3.19. The second-order valence-corrected chi connectivity index (χ2v) is 5.24. The predicted octanol–water partition coefficient (Wildman–Crippen LogP) is 4.63. The highest BCUT2D eigenvalue weighted by atomic mass is 19.4. The van der Waals surface area contributed by atoms with Gasteiger partial charge in [0.1, 0.15) is 11.8 Å². The van der Waals surface area contributed by atoms with Crippen LogP contribution in [0.4, 0.5) is 13.2 Å². The van der Waals surface area contributed by atoms with Gasteiger partial charge in [-0.25, -0.2) is 0 Å². The highest BCUT2D eigenvalue weighted by molar-refractivity contribution is 5.95. The maximum atomic E-state index is 12.6. The van der Waals surface area contributed by atoms with Crippen LogP contribution >= 0.6 is 0 Å². The number of alkyl halides is 3. The zero-order chi connectivity index (χ0) is 18.0. The van der Waals surface area contributed by atoms with Gasteiger partial charge in [-0.05, 0) is 35.9 Å². The molecule has 2 aromatic carbocycles. The van der Waals surface area contributed by atoms with E-state index in [2.05, 4.69) is 16.3 Å². The maximum absolute atomic E-state index is 12.6. The number of rotatable bonds is 3. The first-order chi connectivity index (χ1) is 11.9. The Kier molecular flexibility index (Phi) is 4.19. The molecular formula is C18H12F3N3O. The van der Waals surface area contributed by atoms with Crippen molar-refractivity contribution in [1.29, 1.82) is 5.26 Å². The van der Waals surface area contributed by atoms with Gasteiger partial charge in [0.25, 0.3) is 0 Å². The number of halogens is 3. The quantitative estimate of drug-likeness (QED) is 0.754. The van der Waals surface area contributed by atoms with Gasteiger partial charge >= 0.3 is 6.18 Å². The van der Waals surface area contributed by atoms with Crippen molar-refractivity contribution >= 4 is 23.1 Å². The Morgan fingerprint density at radius 2 is 1.84 bits per heavy atom. The van der Waals surface area contributed by atoms with Crippen LogP contribution in [0.3, 0.4) is 0 Å². The minimum atomic E-state index is -4.36. The number of hydrogen-bond donors (Lipinski definition) is 1. The molecule has 126 valence electrons. The topological polar surface area (TPSA) is 61.7 Å². The van der Waals surface area contributed by atoms with E-state index < -0.39 is 11.7 Å². The molecule has 0 fully saturated rings. The zero-order valence-electron chi connectivity index (χ0n) is 13.1. The van der Waals surface area contributed by atoms with Crippen LogP contribution in [0.5, 0.6) is 5.75 Å². The fraction of sp³-hybridized carbons (Fsp3) is 0.111. The summed E-state index contributed by atoms with van der Waals surface area (Å²) in [5, 5.41) is 16.8. The van der Waals surface area contributed by atoms with Gasteiger partial charge in [0.15, 0.2) is 0 Å². The molecule has 0 spiro atoms. The monoisotopic (exact) mass is 343 g/mol. The second kappa shape index (κ2) is 6.32. The summed E-state index contributed by atoms with van der Waals surface area (Å²) in [4.78, 5) is 0. The van der Waals surface area contributed by atoms with Crippen LogP contribution in [-0.2, 0) is 6.18 Å². The Hall–Kier alpha value is -3.27. The molecule has 1 N–H and O–H groups in total. The zero-order valence-corrected chi connectivity index (χ0v) is 13.1. The number of H-pyrrole nitrogens is 1. The molecule has 0 saturated heterocycles. The first-order valence-corrected chi connectivity index (χ1v) is 7.24. The molecule has 25 heavy (non-hydrogen) atoms. The molecule has 0 saturated carbocycles. The van der Waals surface area contributed by atoms with Crippen molar-refractivity contribution in [3.8, 4) is 11.8 Å². The first kappa shape index (κ1) is 16.6. The molecule has 7 heteroatoms. The summed E-state index contributed by atoms with van der Waals surface area (Å²) in [6.45, 7) is 0. The number of ether oxygens (including phenoxy) is 1. The van der Waals surface area contributed by atoms with Crippen molar-refractivity contribution in [3.63, 3.8) is 0 Å². The van der Waals surface area contributed by atoms with Gasteiger partial charge in [-0.1, -0.05) is 18.2 Å². The molecule has 0 aliphatic heterocycles. The molecule has 0 atom stereocenters. The van der Waals surface area contributed by atoms with Gasteiger partial charge in [-0.15, -0.1) is 0 Å². The van der Waals surface area contributed by atoms with Crippen LogP contribution < -0.4 is 4.74 Å². The van der Waals surface area contributed by atoms with Crippen LogP contribution in [0, 0.1) is 11.3 Å². The SMILES string of the molecule is COc1c(C#N)ccc2[nH]nc(C=Cc3ccc(C(F)(F)F)cc3)c12. The summed E-state index contributed by atoms with van der Waals surface area (Å²) >= 11 is 0. The molecule has 1 heterocycles. The minimum Gasteiger partial charge on any atom is -0.495 e. The highest BCUT2D eigenvalue weighted by Crippen LogP contribution is 2.32. The number of hydrogen-bond acceptors (Lipinski definition) is 3. The Balaban J connectivity index is 1.98. The van der Waals surface area contributed by atoms with E-state index in [1.165, 1.54) is 19.2 Å². The van der Waals surface area contributed by atoms with E-state index in [9.17, 15) is 13.2 Å². The van der Waals surface area contributed by atoms with E-state index in [0.29, 0.717) is 33.5 Å². The van der Waals surface area contributed by atoms with Gasteiger partial charge in [-0.3, -0.25) is 5.10 Å². The van der Waals surface area contributed by atoms with E-state index in [-0.39, 0.29) is 0 Å². The lowest BCUT2D eigenvalue weighted by molar-refractivity contribution is -0.137. The summed E-state index contributed by atoms with van der Waals surface area (Å²) in [7, 11) is 1.46. The van der Waals surface area contributed by atoms with Crippen molar-refractivity contribution in [2.24, 2.45) is 0 Å². The summed E-state index contributed by atoms with van der Waals surface area (Å²) in [5.74, 6) is 0.404.